The van der Waals surface area contributed by atoms with E-state index < -0.39 is 7.86 Å². The van der Waals surface area contributed by atoms with E-state index in [2.05, 4.69) is 223 Å². The van der Waals surface area contributed by atoms with Crippen molar-refractivity contribution in [3.63, 3.8) is 0 Å². The van der Waals surface area contributed by atoms with Gasteiger partial charge in [0.2, 0.25) is 5.03 Å². The number of hydrogen-bond acceptors (Lipinski definition) is 0. The van der Waals surface area contributed by atoms with E-state index in [1.54, 1.807) is 0 Å². The lowest BCUT2D eigenvalue weighted by Gasteiger charge is -2.34. The maximum atomic E-state index is 19.5. The van der Waals surface area contributed by atoms with Gasteiger partial charge in [-0.05, 0) is 115 Å². The summed E-state index contributed by atoms with van der Waals surface area (Å²) < 4.78 is 19.5. The van der Waals surface area contributed by atoms with Gasteiger partial charge in [0, 0.05) is 20.4 Å². The molecule has 4 rings (SSSR count). The average molecular weight is 884 g/mol. The third-order valence-corrected chi connectivity index (χ3v) is 17.5. The smallest absolute Gasteiger partial charge is 0.0561 e. The molecule has 0 amide bonds. The predicted octanol–water partition coefficient (Wildman–Crippen LogP) is 17.8. The van der Waals surface area contributed by atoms with E-state index in [4.69, 9.17) is 0 Å². The van der Waals surface area contributed by atoms with E-state index in [9.17, 15) is 0 Å². The first-order chi connectivity index (χ1) is 26.9. The zero-order valence-corrected chi connectivity index (χ0v) is 46.9. The Morgan fingerprint density at radius 2 is 0.574 bits per heavy atom. The Balaban J connectivity index is 2.48. The zero-order chi connectivity index (χ0) is 47.4. The fourth-order valence-corrected chi connectivity index (χ4v) is 14.5. The molecule has 0 N–H and O–H groups in total. The van der Waals surface area contributed by atoms with Crippen molar-refractivity contribution < 1.29 is 4.20 Å². The third-order valence-electron chi connectivity index (χ3n) is 12.3. The molecule has 1 heterocycles. The van der Waals surface area contributed by atoms with Crippen molar-refractivity contribution in [3.8, 4) is 0 Å². The summed E-state index contributed by atoms with van der Waals surface area (Å²) in [5.41, 5.74) is 13.1. The van der Waals surface area contributed by atoms with Gasteiger partial charge in [-0.1, -0.05) is 223 Å². The molecule has 0 saturated carbocycles. The highest BCUT2D eigenvalue weighted by molar-refractivity contribution is 7.99. The van der Waals surface area contributed by atoms with Crippen LogP contribution in [0.2, 0.25) is 0 Å². The van der Waals surface area contributed by atoms with Crippen LogP contribution in [0.25, 0.3) is 0 Å². The Kier molecular flexibility index (Phi) is 13.7. The van der Waals surface area contributed by atoms with Gasteiger partial charge in [0.1, 0.15) is 0 Å². The summed E-state index contributed by atoms with van der Waals surface area (Å²) in [6.45, 7) is 63.0. The maximum absolute atomic E-state index is 19.5. The molecule has 0 nitrogen and oxygen atoms in total. The van der Waals surface area contributed by atoms with Gasteiger partial charge in [-0.3, -0.25) is 0 Å². The molecule has 0 radical (unpaired) electrons. The van der Waals surface area contributed by atoms with Crippen molar-refractivity contribution in [2.45, 2.75) is 236 Å². The lowest BCUT2D eigenvalue weighted by molar-refractivity contribution is 0.546. The number of rotatable bonds is 3. The molecule has 1 aliphatic heterocycles. The van der Waals surface area contributed by atoms with Crippen LogP contribution >= 0.6 is 24.3 Å². The largest absolute Gasteiger partial charge is 0.368 e. The van der Waals surface area contributed by atoms with E-state index in [0.29, 0.717) is 0 Å². The Labute approximate surface area is 380 Å². The quantitative estimate of drug-likeness (QED) is 0.230. The molecule has 3 aromatic carbocycles. The zero-order valence-electron chi connectivity index (χ0n) is 44.2. The van der Waals surface area contributed by atoms with Crippen molar-refractivity contribution in [1.29, 1.82) is 0 Å². The second kappa shape index (κ2) is 16.2. The number of hydrogen-bond donors (Lipinski definition) is 0. The van der Waals surface area contributed by atoms with Crippen molar-refractivity contribution in [2.24, 2.45) is 0 Å². The molecule has 0 aliphatic carbocycles. The summed E-state index contributed by atoms with van der Waals surface area (Å²) in [5.74, 6) is 0. The molecule has 1 aliphatic rings. The van der Waals surface area contributed by atoms with E-state index in [-0.39, 0.29) is 48.7 Å². The number of benzene rings is 3. The molecule has 336 valence electrons. The van der Waals surface area contributed by atoms with Crippen LogP contribution < -0.4 is 5.30 Å². The predicted molar refractivity (Wildman–Crippen MR) is 282 cm³/mol. The Bertz CT molecular complexity index is 2170. The average Bonchev–Trinajstić information content (AvgIpc) is 3.47. The summed E-state index contributed by atoms with van der Waals surface area (Å²) in [5, 5.41) is 4.44. The van der Waals surface area contributed by atoms with Crippen LogP contribution in [0.5, 0.6) is 0 Å². The van der Waals surface area contributed by atoms with E-state index in [1.807, 2.05) is 0 Å². The minimum absolute atomic E-state index is 0.0138. The highest BCUT2D eigenvalue weighted by Gasteiger charge is 2.44. The normalized spacial score (nSPS) is 16.8. The SMILES string of the molecule is CC(C)(C)c1cc(C(C)(C)C)c(C2=PC(=[P+](F)c3c(C(C)(C)C)cc(C(C)(C)C)cc3C(C)(C)C)C(c3c(C(C)(C)C)cc(C(C)(C)C)cc3C(C)(C)C)=P2)c(C(C)(C)C)c1. The van der Waals surface area contributed by atoms with Crippen molar-refractivity contribution >= 4 is 44.9 Å². The monoisotopic (exact) mass is 884 g/mol. The summed E-state index contributed by atoms with van der Waals surface area (Å²) in [6.07, 6.45) is 0. The summed E-state index contributed by atoms with van der Waals surface area (Å²) in [7, 11) is -0.132. The van der Waals surface area contributed by atoms with Gasteiger partial charge in [0.15, 0.2) is 5.30 Å². The van der Waals surface area contributed by atoms with Crippen LogP contribution in [-0.4, -0.2) is 15.4 Å². The van der Waals surface area contributed by atoms with Gasteiger partial charge >= 0.3 is 7.86 Å². The minimum atomic E-state index is -2.26. The van der Waals surface area contributed by atoms with Crippen LogP contribution in [0.15, 0.2) is 36.4 Å². The molecule has 1 unspecified atom stereocenters. The fourth-order valence-electron chi connectivity index (χ4n) is 8.29. The Morgan fingerprint density at radius 3 is 0.820 bits per heavy atom. The highest BCUT2D eigenvalue weighted by Crippen LogP contribution is 2.51. The van der Waals surface area contributed by atoms with Crippen LogP contribution in [0.3, 0.4) is 0 Å². The first kappa shape index (κ1) is 51.7. The maximum Gasteiger partial charge on any atom is 0.368 e. The third kappa shape index (κ3) is 11.1. The molecule has 61 heavy (non-hydrogen) atoms. The lowest BCUT2D eigenvalue weighted by atomic mass is 9.72. The van der Waals surface area contributed by atoms with Gasteiger partial charge < -0.3 is 0 Å². The standard InChI is InChI=1S/C57H87FP3/c1-49(2,3)34-28-37(52(10,11)12)43(38(29-34)53(13,14)15)45-48(61(58)46-41(56(22,23)24)32-36(51(7,8)9)33-42(46)57(25,26)27)60-47(59-45)44-39(54(16,17)18)30-35(50(4,5)6)31-40(44)55(19,20)21/h28-33H,1-27H3/q+1. The molecule has 0 spiro atoms. The van der Waals surface area contributed by atoms with Gasteiger partial charge in [-0.25, -0.2) is 0 Å². The second-order valence-corrected chi connectivity index (χ2v) is 32.0. The minimum Gasteiger partial charge on any atom is -0.0561 e. The Morgan fingerprint density at radius 1 is 0.328 bits per heavy atom. The summed E-state index contributed by atoms with van der Waals surface area (Å²) >= 11 is 0. The highest BCUT2D eigenvalue weighted by atomic mass is 31.2. The van der Waals surface area contributed by atoms with Crippen LogP contribution in [-0.2, 0) is 48.7 Å². The fraction of sp³-hybridized carbons (Fsp3) is 0.632. The van der Waals surface area contributed by atoms with E-state index in [0.717, 1.165) is 37.9 Å². The van der Waals surface area contributed by atoms with Crippen LogP contribution in [0.1, 0.15) is 248 Å². The first-order valence-electron chi connectivity index (χ1n) is 23.0. The van der Waals surface area contributed by atoms with Crippen molar-refractivity contribution in [2.75, 3.05) is 0 Å². The van der Waals surface area contributed by atoms with Gasteiger partial charge in [-0.2, -0.15) is 0 Å². The molecule has 0 saturated heterocycles. The molecule has 1 atom stereocenters. The summed E-state index contributed by atoms with van der Waals surface area (Å²) in [6, 6.07) is 14.7. The molecular weight excluding hydrogens is 797 g/mol. The molecule has 3 aromatic rings. The van der Waals surface area contributed by atoms with Crippen molar-refractivity contribution in [1.82, 2.24) is 0 Å². The Hall–Kier alpha value is -1.90. The van der Waals surface area contributed by atoms with Crippen LogP contribution in [0, 0.1) is 0 Å². The van der Waals surface area contributed by atoms with Gasteiger partial charge in [-0.15, -0.1) is 0 Å². The van der Waals surface area contributed by atoms with Gasteiger partial charge in [0.05, 0.1) is 5.29 Å². The first-order valence-corrected chi connectivity index (χ1v) is 26.0. The molecule has 0 aromatic heterocycles. The number of halogens is 1. The molecule has 0 bridgehead atoms. The van der Waals surface area contributed by atoms with Crippen LogP contribution in [0.4, 0.5) is 4.20 Å². The van der Waals surface area contributed by atoms with E-state index in [1.165, 1.54) is 60.4 Å². The summed E-state index contributed by atoms with van der Waals surface area (Å²) in [4.78, 5) is 0. The molecule has 4 heteroatoms. The van der Waals surface area contributed by atoms with Gasteiger partial charge in [0.25, 0.3) is 0 Å². The topological polar surface area (TPSA) is 0 Å². The molecular formula is C57H87FP3+. The molecule has 0 fully saturated rings. The van der Waals surface area contributed by atoms with Crippen molar-refractivity contribution in [3.05, 3.63) is 97.6 Å². The second-order valence-electron chi connectivity index (χ2n) is 27.6. The lowest BCUT2D eigenvalue weighted by Crippen LogP contribution is -2.31. The van der Waals surface area contributed by atoms with E-state index >= 15 is 4.20 Å².